The van der Waals surface area contributed by atoms with E-state index in [-0.39, 0.29) is 17.2 Å². The number of nitro groups is 1. The van der Waals surface area contributed by atoms with E-state index in [1.807, 2.05) is 30.9 Å². The summed E-state index contributed by atoms with van der Waals surface area (Å²) in [5.41, 5.74) is 3.38. The Labute approximate surface area is 169 Å². The zero-order chi connectivity index (χ0) is 21.1. The van der Waals surface area contributed by atoms with Gasteiger partial charge in [-0.05, 0) is 49.2 Å². The molecule has 8 heteroatoms. The van der Waals surface area contributed by atoms with Crippen LogP contribution in [0.2, 0.25) is 0 Å². The molecule has 29 heavy (non-hydrogen) atoms. The molecule has 2 aromatic rings. The third kappa shape index (κ3) is 4.53. The van der Waals surface area contributed by atoms with Gasteiger partial charge in [0.1, 0.15) is 5.69 Å². The van der Waals surface area contributed by atoms with Crippen molar-refractivity contribution in [2.45, 2.75) is 20.8 Å². The molecule has 0 radical (unpaired) electrons. The van der Waals surface area contributed by atoms with Gasteiger partial charge in [0.2, 0.25) is 5.91 Å². The molecule has 0 bridgehead atoms. The molecule has 0 saturated carbocycles. The molecule has 1 saturated heterocycles. The van der Waals surface area contributed by atoms with Crippen LogP contribution in [-0.2, 0) is 4.79 Å². The average Bonchev–Trinajstić information content (AvgIpc) is 2.70. The minimum atomic E-state index is -0.473. The van der Waals surface area contributed by atoms with Crippen LogP contribution in [0.15, 0.2) is 36.4 Å². The smallest absolute Gasteiger partial charge is 0.293 e. The van der Waals surface area contributed by atoms with E-state index in [9.17, 15) is 19.7 Å². The van der Waals surface area contributed by atoms with Gasteiger partial charge in [-0.15, -0.1) is 0 Å². The fourth-order valence-corrected chi connectivity index (χ4v) is 3.36. The van der Waals surface area contributed by atoms with Crippen molar-refractivity contribution in [2.75, 3.05) is 36.4 Å². The fraction of sp³-hybridized carbons (Fsp3) is 0.333. The predicted molar refractivity (Wildman–Crippen MR) is 111 cm³/mol. The molecule has 2 aromatic carbocycles. The summed E-state index contributed by atoms with van der Waals surface area (Å²) in [6.45, 7) is 7.50. The first-order chi connectivity index (χ1) is 13.8. The molecule has 3 rings (SSSR count). The predicted octanol–water partition coefficient (Wildman–Crippen LogP) is 3.13. The number of benzene rings is 2. The Kier molecular flexibility index (Phi) is 5.81. The van der Waals surface area contributed by atoms with Crippen LogP contribution in [-0.4, -0.2) is 47.8 Å². The van der Waals surface area contributed by atoms with Gasteiger partial charge < -0.3 is 15.1 Å². The Morgan fingerprint density at radius 3 is 2.28 bits per heavy atom. The monoisotopic (exact) mass is 396 g/mol. The normalized spacial score (nSPS) is 13.9. The number of hydrogen-bond donors (Lipinski definition) is 1. The van der Waals surface area contributed by atoms with Gasteiger partial charge in [-0.2, -0.15) is 0 Å². The standard InChI is InChI=1S/C21H24N4O4/c1-14-4-6-18(12-15(14)2)22-21(27)17-5-7-19(20(13-17)25(28)29)24-10-8-23(9-11-24)16(3)26/h4-7,12-13H,8-11H2,1-3H3,(H,22,27). The van der Waals surface area contributed by atoms with Gasteiger partial charge >= 0.3 is 0 Å². The number of anilines is 2. The van der Waals surface area contributed by atoms with Crippen molar-refractivity contribution >= 4 is 28.9 Å². The summed E-state index contributed by atoms with van der Waals surface area (Å²) in [7, 11) is 0. The van der Waals surface area contributed by atoms with Crippen LogP contribution in [0.5, 0.6) is 0 Å². The lowest BCUT2D eigenvalue weighted by atomic mass is 10.1. The highest BCUT2D eigenvalue weighted by molar-refractivity contribution is 6.05. The second-order valence-corrected chi connectivity index (χ2v) is 7.21. The summed E-state index contributed by atoms with van der Waals surface area (Å²) in [6.07, 6.45) is 0. The average molecular weight is 396 g/mol. The lowest BCUT2D eigenvalue weighted by molar-refractivity contribution is -0.384. The molecular weight excluding hydrogens is 372 g/mol. The second kappa shape index (κ2) is 8.30. The van der Waals surface area contributed by atoms with Crippen molar-refractivity contribution < 1.29 is 14.5 Å². The fourth-order valence-electron chi connectivity index (χ4n) is 3.36. The van der Waals surface area contributed by atoms with E-state index in [0.29, 0.717) is 37.6 Å². The number of nitrogens with one attached hydrogen (secondary N) is 1. The molecule has 8 nitrogen and oxygen atoms in total. The third-order valence-electron chi connectivity index (χ3n) is 5.26. The number of hydrogen-bond acceptors (Lipinski definition) is 5. The van der Waals surface area contributed by atoms with Crippen molar-refractivity contribution in [2.24, 2.45) is 0 Å². The SMILES string of the molecule is CC(=O)N1CCN(c2ccc(C(=O)Nc3ccc(C)c(C)c3)cc2[N+](=O)[O-])CC1. The third-order valence-corrected chi connectivity index (χ3v) is 5.26. The summed E-state index contributed by atoms with van der Waals surface area (Å²) < 4.78 is 0. The molecule has 1 aliphatic heterocycles. The van der Waals surface area contributed by atoms with Crippen LogP contribution in [0, 0.1) is 24.0 Å². The van der Waals surface area contributed by atoms with Crippen molar-refractivity contribution in [1.29, 1.82) is 0 Å². The van der Waals surface area contributed by atoms with Crippen LogP contribution in [0.3, 0.4) is 0 Å². The Morgan fingerprint density at radius 1 is 1.00 bits per heavy atom. The molecule has 0 spiro atoms. The van der Waals surface area contributed by atoms with E-state index < -0.39 is 10.8 Å². The van der Waals surface area contributed by atoms with Crippen LogP contribution in [0.4, 0.5) is 17.1 Å². The van der Waals surface area contributed by atoms with Gasteiger partial charge in [0, 0.05) is 50.4 Å². The van der Waals surface area contributed by atoms with Crippen molar-refractivity contribution in [3.63, 3.8) is 0 Å². The number of piperazine rings is 1. The first-order valence-corrected chi connectivity index (χ1v) is 9.44. The van der Waals surface area contributed by atoms with Crippen molar-refractivity contribution in [3.05, 3.63) is 63.2 Å². The highest BCUT2D eigenvalue weighted by Gasteiger charge is 2.26. The van der Waals surface area contributed by atoms with Crippen LogP contribution < -0.4 is 10.2 Å². The number of rotatable bonds is 4. The van der Waals surface area contributed by atoms with E-state index in [2.05, 4.69) is 5.32 Å². The van der Waals surface area contributed by atoms with Gasteiger partial charge in [0.25, 0.3) is 11.6 Å². The molecule has 0 atom stereocenters. The first-order valence-electron chi connectivity index (χ1n) is 9.44. The van der Waals surface area contributed by atoms with Gasteiger partial charge in [-0.1, -0.05) is 6.07 Å². The van der Waals surface area contributed by atoms with E-state index in [1.165, 1.54) is 13.0 Å². The van der Waals surface area contributed by atoms with Crippen molar-refractivity contribution in [3.8, 4) is 0 Å². The van der Waals surface area contributed by atoms with E-state index in [4.69, 9.17) is 0 Å². The van der Waals surface area contributed by atoms with Gasteiger partial charge in [0.15, 0.2) is 0 Å². The van der Waals surface area contributed by atoms with Gasteiger partial charge in [-0.3, -0.25) is 19.7 Å². The summed E-state index contributed by atoms with van der Waals surface area (Å²) in [5.74, 6) is -0.401. The minimum absolute atomic E-state index is 0.00230. The second-order valence-electron chi connectivity index (χ2n) is 7.21. The molecule has 0 aromatic heterocycles. The number of nitrogens with zero attached hydrogens (tertiary/aromatic N) is 3. The Bertz CT molecular complexity index is 965. The molecule has 2 amide bonds. The highest BCUT2D eigenvalue weighted by atomic mass is 16.6. The van der Waals surface area contributed by atoms with Crippen molar-refractivity contribution in [1.82, 2.24) is 4.90 Å². The molecule has 1 heterocycles. The Morgan fingerprint density at radius 2 is 1.69 bits per heavy atom. The lowest BCUT2D eigenvalue weighted by Crippen LogP contribution is -2.48. The maximum absolute atomic E-state index is 12.6. The van der Waals surface area contributed by atoms with E-state index in [0.717, 1.165) is 11.1 Å². The zero-order valence-corrected chi connectivity index (χ0v) is 16.8. The van der Waals surface area contributed by atoms with Gasteiger partial charge in [-0.25, -0.2) is 0 Å². The summed E-state index contributed by atoms with van der Waals surface area (Å²) >= 11 is 0. The van der Waals surface area contributed by atoms with E-state index in [1.54, 1.807) is 23.1 Å². The van der Waals surface area contributed by atoms with Gasteiger partial charge in [0.05, 0.1) is 4.92 Å². The van der Waals surface area contributed by atoms with Crippen LogP contribution >= 0.6 is 0 Å². The minimum Gasteiger partial charge on any atom is -0.362 e. The number of aryl methyl sites for hydroxylation is 2. The summed E-state index contributed by atoms with van der Waals surface area (Å²) in [5, 5.41) is 14.4. The maximum Gasteiger partial charge on any atom is 0.293 e. The van der Waals surface area contributed by atoms with Crippen LogP contribution in [0.1, 0.15) is 28.4 Å². The van der Waals surface area contributed by atoms with E-state index >= 15 is 0 Å². The maximum atomic E-state index is 12.6. The summed E-state index contributed by atoms with van der Waals surface area (Å²) in [4.78, 5) is 38.8. The quantitative estimate of drug-likeness (QED) is 0.633. The van der Waals surface area contributed by atoms with Crippen LogP contribution in [0.25, 0.3) is 0 Å². The highest BCUT2D eigenvalue weighted by Crippen LogP contribution is 2.30. The Hall–Kier alpha value is -3.42. The number of carbonyl (C=O) groups is 2. The molecular formula is C21H24N4O4. The topological polar surface area (TPSA) is 95.8 Å². The number of nitro benzene ring substituents is 1. The molecule has 1 fully saturated rings. The molecule has 1 N–H and O–H groups in total. The zero-order valence-electron chi connectivity index (χ0n) is 16.8. The number of amides is 2. The Balaban J connectivity index is 1.80. The molecule has 152 valence electrons. The molecule has 1 aliphatic rings. The molecule has 0 unspecified atom stereocenters. The summed E-state index contributed by atoms with van der Waals surface area (Å²) in [6, 6.07) is 10.1. The first kappa shape index (κ1) is 20.3. The largest absolute Gasteiger partial charge is 0.362 e. The molecule has 0 aliphatic carbocycles. The number of carbonyl (C=O) groups excluding carboxylic acids is 2. The lowest BCUT2D eigenvalue weighted by Gasteiger charge is -2.35.